The number of carboxylic acid groups (broad SMARTS) is 1. The van der Waals surface area contributed by atoms with Crippen LogP contribution in [-0.2, 0) is 17.0 Å². The molecule has 5 heteroatoms. The summed E-state index contributed by atoms with van der Waals surface area (Å²) in [6.07, 6.45) is 0.745. The van der Waals surface area contributed by atoms with Crippen LogP contribution in [0.2, 0.25) is 0 Å². The van der Waals surface area contributed by atoms with E-state index >= 15 is 0 Å². The van der Waals surface area contributed by atoms with E-state index < -0.39 is 10.8 Å². The molecule has 0 heterocycles. The van der Waals surface area contributed by atoms with Crippen molar-refractivity contribution in [1.82, 2.24) is 0 Å². The number of thioether (sulfide) groups is 1. The molecular formula is C21H25ClO3S. The second-order valence-corrected chi connectivity index (χ2v) is 8.53. The molecular weight excluding hydrogens is 368 g/mol. The van der Waals surface area contributed by atoms with Crippen LogP contribution in [0.25, 0.3) is 0 Å². The molecule has 0 amide bonds. The highest BCUT2D eigenvalue weighted by Gasteiger charge is 2.37. The van der Waals surface area contributed by atoms with E-state index in [1.54, 1.807) is 18.9 Å². The average molecular weight is 393 g/mol. The first-order valence-corrected chi connectivity index (χ1v) is 9.96. The molecule has 2 aromatic carbocycles. The lowest BCUT2D eigenvalue weighted by molar-refractivity contribution is -0.140. The molecule has 2 rings (SSSR count). The molecule has 0 bridgehead atoms. The molecule has 1 atom stereocenters. The zero-order valence-electron chi connectivity index (χ0n) is 15.4. The van der Waals surface area contributed by atoms with Crippen molar-refractivity contribution in [3.8, 4) is 5.75 Å². The highest BCUT2D eigenvalue weighted by molar-refractivity contribution is 7.98. The molecule has 0 aliphatic carbocycles. The van der Waals surface area contributed by atoms with Crippen LogP contribution in [0.5, 0.6) is 5.75 Å². The summed E-state index contributed by atoms with van der Waals surface area (Å²) >= 11 is 8.20. The van der Waals surface area contributed by atoms with Crippen molar-refractivity contribution in [2.24, 2.45) is 5.92 Å². The van der Waals surface area contributed by atoms with Crippen molar-refractivity contribution in [2.45, 2.75) is 42.2 Å². The smallest absolute Gasteiger partial charge is 0.325 e. The molecule has 0 aliphatic heterocycles. The van der Waals surface area contributed by atoms with Gasteiger partial charge in [-0.1, -0.05) is 44.2 Å². The molecule has 0 saturated carbocycles. The van der Waals surface area contributed by atoms with Crippen molar-refractivity contribution in [3.63, 3.8) is 0 Å². The Kier molecular flexibility index (Phi) is 7.42. The van der Waals surface area contributed by atoms with Crippen LogP contribution in [0.15, 0.2) is 53.4 Å². The van der Waals surface area contributed by atoms with Gasteiger partial charge in [-0.15, -0.1) is 23.4 Å². The van der Waals surface area contributed by atoms with Gasteiger partial charge in [0.1, 0.15) is 10.6 Å². The predicted octanol–water partition coefficient (Wildman–Crippen LogP) is 5.64. The lowest BCUT2D eigenvalue weighted by Crippen LogP contribution is -2.36. The van der Waals surface area contributed by atoms with E-state index in [1.165, 1.54) is 5.56 Å². The number of ether oxygens (including phenoxy) is 1. The summed E-state index contributed by atoms with van der Waals surface area (Å²) in [7, 11) is 1.65. The quantitative estimate of drug-likeness (QED) is 0.443. The molecule has 0 radical (unpaired) electrons. The summed E-state index contributed by atoms with van der Waals surface area (Å²) < 4.78 is 5.18. The topological polar surface area (TPSA) is 46.5 Å². The van der Waals surface area contributed by atoms with Gasteiger partial charge in [0.25, 0.3) is 0 Å². The summed E-state index contributed by atoms with van der Waals surface area (Å²) in [6, 6.07) is 15.9. The normalized spacial score (nSPS) is 13.4. The summed E-state index contributed by atoms with van der Waals surface area (Å²) in [5.41, 5.74) is 2.16. The number of methoxy groups -OCH3 is 1. The van der Waals surface area contributed by atoms with Crippen LogP contribution in [0.4, 0.5) is 0 Å². The molecule has 2 aromatic rings. The first-order valence-electron chi connectivity index (χ1n) is 8.60. The lowest BCUT2D eigenvalue weighted by atomic mass is 9.90. The average Bonchev–Trinajstić information content (AvgIpc) is 2.60. The minimum Gasteiger partial charge on any atom is -0.497 e. The van der Waals surface area contributed by atoms with Crippen LogP contribution in [-0.4, -0.2) is 23.1 Å². The van der Waals surface area contributed by atoms with Crippen LogP contribution >= 0.6 is 23.4 Å². The number of carboxylic acids is 1. The molecule has 0 fully saturated rings. The van der Waals surface area contributed by atoms with Crippen molar-refractivity contribution in [1.29, 1.82) is 0 Å². The fraction of sp³-hybridized carbons (Fsp3) is 0.381. The Bertz CT molecular complexity index is 730. The fourth-order valence-corrected chi connectivity index (χ4v) is 4.33. The lowest BCUT2D eigenvalue weighted by Gasteiger charge is -2.25. The number of alkyl halides is 1. The van der Waals surface area contributed by atoms with Crippen LogP contribution < -0.4 is 4.74 Å². The third-order valence-electron chi connectivity index (χ3n) is 4.11. The Labute approximate surface area is 164 Å². The van der Waals surface area contributed by atoms with Crippen molar-refractivity contribution in [3.05, 3.63) is 59.7 Å². The summed E-state index contributed by atoms with van der Waals surface area (Å²) in [6.45, 7) is 3.98. The fourth-order valence-electron chi connectivity index (χ4n) is 2.86. The molecule has 1 N–H and O–H groups in total. The monoisotopic (exact) mass is 392 g/mol. The maximum atomic E-state index is 11.8. The zero-order chi connectivity index (χ0) is 19.2. The van der Waals surface area contributed by atoms with E-state index in [9.17, 15) is 9.90 Å². The van der Waals surface area contributed by atoms with E-state index in [4.69, 9.17) is 16.3 Å². The van der Waals surface area contributed by atoms with Gasteiger partial charge >= 0.3 is 5.97 Å². The molecule has 26 heavy (non-hydrogen) atoms. The first-order chi connectivity index (χ1) is 12.3. The van der Waals surface area contributed by atoms with Gasteiger partial charge in [-0.25, -0.2) is 0 Å². The molecule has 1 unspecified atom stereocenters. The van der Waals surface area contributed by atoms with Gasteiger partial charge in [-0.05, 0) is 41.7 Å². The third kappa shape index (κ3) is 5.68. The number of halogens is 1. The Balaban J connectivity index is 2.14. The van der Waals surface area contributed by atoms with E-state index in [2.05, 4.69) is 0 Å². The van der Waals surface area contributed by atoms with Crippen LogP contribution in [0, 0.1) is 5.92 Å². The number of hydrogen-bond acceptors (Lipinski definition) is 3. The van der Waals surface area contributed by atoms with Gasteiger partial charge in [0.2, 0.25) is 0 Å². The standard InChI is InChI=1S/C21H25ClO3S/c1-15(2)12-21(22,20(23)24)13-17-6-4-5-7-19(17)26-14-16-8-10-18(25-3)11-9-16/h4-11,15H,12-14H2,1-3H3,(H,23,24). The second kappa shape index (κ2) is 9.33. The molecule has 140 valence electrons. The van der Waals surface area contributed by atoms with Crippen molar-refractivity contribution >= 4 is 29.3 Å². The number of aliphatic carboxylic acids is 1. The van der Waals surface area contributed by atoms with Gasteiger partial charge in [0.05, 0.1) is 7.11 Å². The zero-order valence-corrected chi connectivity index (χ0v) is 16.9. The highest BCUT2D eigenvalue weighted by Crippen LogP contribution is 2.34. The number of benzene rings is 2. The van der Waals surface area contributed by atoms with E-state index in [1.807, 2.05) is 62.4 Å². The van der Waals surface area contributed by atoms with Gasteiger partial charge < -0.3 is 9.84 Å². The Morgan fingerprint density at radius 3 is 2.42 bits per heavy atom. The maximum absolute atomic E-state index is 11.8. The SMILES string of the molecule is COc1ccc(CSc2ccccc2CC(Cl)(CC(C)C)C(=O)O)cc1. The Morgan fingerprint density at radius 2 is 1.85 bits per heavy atom. The maximum Gasteiger partial charge on any atom is 0.325 e. The van der Waals surface area contributed by atoms with E-state index in [0.29, 0.717) is 12.8 Å². The minimum absolute atomic E-state index is 0.211. The molecule has 0 spiro atoms. The summed E-state index contributed by atoms with van der Waals surface area (Å²) in [5, 5.41) is 9.64. The number of hydrogen-bond donors (Lipinski definition) is 1. The molecule has 3 nitrogen and oxygen atoms in total. The molecule has 0 saturated heterocycles. The van der Waals surface area contributed by atoms with Gasteiger partial charge in [0, 0.05) is 17.1 Å². The molecule has 0 aromatic heterocycles. The Morgan fingerprint density at radius 1 is 1.19 bits per heavy atom. The van der Waals surface area contributed by atoms with Crippen molar-refractivity contribution in [2.75, 3.05) is 7.11 Å². The third-order valence-corrected chi connectivity index (χ3v) is 5.75. The predicted molar refractivity (Wildman–Crippen MR) is 108 cm³/mol. The van der Waals surface area contributed by atoms with Crippen LogP contribution in [0.3, 0.4) is 0 Å². The van der Waals surface area contributed by atoms with E-state index in [0.717, 1.165) is 22.0 Å². The molecule has 0 aliphatic rings. The summed E-state index contributed by atoms with van der Waals surface area (Å²) in [5.74, 6) is 0.889. The van der Waals surface area contributed by atoms with Crippen LogP contribution in [0.1, 0.15) is 31.4 Å². The highest BCUT2D eigenvalue weighted by atomic mass is 35.5. The number of carbonyl (C=O) groups is 1. The second-order valence-electron chi connectivity index (χ2n) is 6.79. The van der Waals surface area contributed by atoms with Crippen molar-refractivity contribution < 1.29 is 14.6 Å². The number of rotatable bonds is 9. The van der Waals surface area contributed by atoms with Gasteiger partial charge in [-0.2, -0.15) is 0 Å². The van der Waals surface area contributed by atoms with Gasteiger partial charge in [0.15, 0.2) is 0 Å². The van der Waals surface area contributed by atoms with Gasteiger partial charge in [-0.3, -0.25) is 4.79 Å². The van der Waals surface area contributed by atoms with E-state index in [-0.39, 0.29) is 5.92 Å². The first kappa shape index (κ1) is 20.7. The largest absolute Gasteiger partial charge is 0.497 e. The Hall–Kier alpha value is -1.65. The minimum atomic E-state index is -1.27. The summed E-state index contributed by atoms with van der Waals surface area (Å²) in [4.78, 5) is 11.6.